The van der Waals surface area contributed by atoms with Gasteiger partial charge in [0.15, 0.2) is 0 Å². The van der Waals surface area contributed by atoms with E-state index in [1.807, 2.05) is 0 Å². The minimum absolute atomic E-state index is 0.971. The van der Waals surface area contributed by atoms with Crippen LogP contribution in [0.15, 0.2) is 364 Å². The highest BCUT2D eigenvalue weighted by Crippen LogP contribution is 2.57. The van der Waals surface area contributed by atoms with Gasteiger partial charge in [-0.15, -0.1) is 0 Å². The van der Waals surface area contributed by atoms with Crippen LogP contribution in [0.5, 0.6) is 0 Å². The molecule has 0 atom stereocenters. The van der Waals surface area contributed by atoms with Crippen molar-refractivity contribution in [1.82, 2.24) is 14.7 Å². The number of benzene rings is 12. The second-order valence-corrected chi connectivity index (χ2v) is 35.5. The molecule has 11 heteroatoms. The fourth-order valence-corrected chi connectivity index (χ4v) is 25.6. The lowest BCUT2D eigenvalue weighted by Crippen LogP contribution is -2.37. The lowest BCUT2D eigenvalue weighted by Gasteiger charge is -2.36. The van der Waals surface area contributed by atoms with Crippen LogP contribution >= 0.6 is 29.6 Å². The maximum absolute atomic E-state index is 8.55. The number of phosphoric acid groups is 1. The topological polar surface area (TPSA) is 96.0 Å². The fourth-order valence-electron chi connectivity index (χ4n) is 12.5. The third-order valence-electron chi connectivity index (χ3n) is 17.1. The summed E-state index contributed by atoms with van der Waals surface area (Å²) in [5, 5.41) is 13.1. The molecule has 0 aliphatic carbocycles. The highest BCUT2D eigenvalue weighted by Gasteiger charge is 2.47. The maximum Gasteiger partial charge on any atom is 0.113 e. The molecule has 0 amide bonds. The second-order valence-electron chi connectivity index (χ2n) is 23.7. The summed E-state index contributed by atoms with van der Waals surface area (Å²) in [5.74, 6) is 0. The Hall–Kier alpha value is -8.08. The van der Waals surface area contributed by atoms with E-state index in [4.69, 9.17) is 19.2 Å². The zero-order valence-corrected chi connectivity index (χ0v) is 58.3. The van der Waals surface area contributed by atoms with Gasteiger partial charge in [0.05, 0.1) is 18.5 Å². The molecule has 482 valence electrons. The predicted molar refractivity (Wildman–Crippen MR) is 406 cm³/mol. The van der Waals surface area contributed by atoms with Crippen molar-refractivity contribution in [3.63, 3.8) is 0 Å². The van der Waals surface area contributed by atoms with Gasteiger partial charge in [0.1, 0.15) is 69.5 Å². The molecule has 12 rings (SSSR count). The van der Waals surface area contributed by atoms with E-state index in [2.05, 4.69) is 400 Å². The van der Waals surface area contributed by atoms with Crippen LogP contribution in [0.2, 0.25) is 0 Å². The summed E-state index contributed by atoms with van der Waals surface area (Å²) < 4.78 is 8.55. The molecule has 7 nitrogen and oxygen atoms in total. The standard InChI is InChI=1S/3C28H29NP.H3O4P/c3*1-29(24-25-14-6-2-7-15-25)22-23-30(26-16-8-3-9-17-26,27-18-10-4-11-19-27)28-20-12-5-13-21-28;1-5(2,3)4/h3*2-21H,22-24H2,1H3;(H3,1,2,3,4)/q3*+1;/p-3. The van der Waals surface area contributed by atoms with Gasteiger partial charge in [-0.3, -0.25) is 14.7 Å². The smallest absolute Gasteiger partial charge is 0.113 e. The van der Waals surface area contributed by atoms with Crippen LogP contribution < -0.4 is 62.4 Å². The molecule has 95 heavy (non-hydrogen) atoms. The predicted octanol–water partition coefficient (Wildman–Crippen LogP) is 12.5. The summed E-state index contributed by atoms with van der Waals surface area (Å²) in [6.07, 6.45) is 3.36. The van der Waals surface area contributed by atoms with Crippen LogP contribution in [0, 0.1) is 0 Å². The Balaban J connectivity index is 0.000000161. The zero-order valence-electron chi connectivity index (χ0n) is 54.8. The van der Waals surface area contributed by atoms with E-state index in [-0.39, 0.29) is 0 Å². The SMILES string of the molecule is CN(CC[P+](c1ccccc1)(c1ccccc1)c1ccccc1)Cc1ccccc1.CN(CC[P+](c1ccccc1)(c1ccccc1)c1ccccc1)Cc1ccccc1.CN(CC[P+](c1ccccc1)(c1ccccc1)c1ccccc1)Cc1ccccc1.O=P([O-])([O-])[O-]. The van der Waals surface area contributed by atoms with Crippen molar-refractivity contribution in [2.45, 2.75) is 19.6 Å². The molecular formula is C84H87N3O4P4. The van der Waals surface area contributed by atoms with E-state index >= 15 is 0 Å². The van der Waals surface area contributed by atoms with Crippen LogP contribution in [0.25, 0.3) is 0 Å². The van der Waals surface area contributed by atoms with Crippen LogP contribution in [-0.2, 0) is 24.2 Å². The summed E-state index contributed by atoms with van der Waals surface area (Å²) in [6, 6.07) is 133. The first-order valence-corrected chi connectivity index (χ1v) is 39.8. The van der Waals surface area contributed by atoms with Gasteiger partial charge in [-0.1, -0.05) is 255 Å². The molecule has 0 fully saturated rings. The summed E-state index contributed by atoms with van der Waals surface area (Å²) >= 11 is 0. The molecule has 12 aromatic carbocycles. The van der Waals surface area contributed by atoms with E-state index < -0.39 is 29.6 Å². The van der Waals surface area contributed by atoms with E-state index in [9.17, 15) is 0 Å². The number of hydrogen-bond acceptors (Lipinski definition) is 7. The lowest BCUT2D eigenvalue weighted by molar-refractivity contribution is -0.432. The van der Waals surface area contributed by atoms with E-state index in [0.29, 0.717) is 0 Å². The maximum atomic E-state index is 8.55. The monoisotopic (exact) mass is 1330 g/mol. The van der Waals surface area contributed by atoms with Gasteiger partial charge in [0.2, 0.25) is 0 Å². The van der Waals surface area contributed by atoms with E-state index in [1.54, 1.807) is 0 Å². The van der Waals surface area contributed by atoms with Crippen molar-refractivity contribution < 1.29 is 19.2 Å². The van der Waals surface area contributed by atoms with Crippen LogP contribution in [0.1, 0.15) is 16.7 Å². The van der Waals surface area contributed by atoms with Crippen LogP contribution in [0.3, 0.4) is 0 Å². The highest BCUT2D eigenvalue weighted by atomic mass is 31.2. The molecule has 0 aromatic heterocycles. The summed E-state index contributed by atoms with van der Waals surface area (Å²) in [6.45, 7) is 6.04. The van der Waals surface area contributed by atoms with Crippen molar-refractivity contribution in [1.29, 1.82) is 0 Å². The summed E-state index contributed by atoms with van der Waals surface area (Å²) in [4.78, 5) is 33.0. The van der Waals surface area contributed by atoms with Crippen molar-refractivity contribution >= 4 is 77.4 Å². The Kier molecular flexibility index (Phi) is 27.5. The Labute approximate surface area is 567 Å². The molecule has 0 unspecified atom stereocenters. The van der Waals surface area contributed by atoms with Gasteiger partial charge >= 0.3 is 0 Å². The minimum atomic E-state index is -5.39. The summed E-state index contributed by atoms with van der Waals surface area (Å²) in [5.41, 5.74) is 4.09. The number of hydrogen-bond donors (Lipinski definition) is 0. The first-order chi connectivity index (χ1) is 46.4. The average molecular weight is 1330 g/mol. The van der Waals surface area contributed by atoms with Crippen LogP contribution in [0.4, 0.5) is 0 Å². The van der Waals surface area contributed by atoms with Gasteiger partial charge < -0.3 is 19.2 Å². The van der Waals surface area contributed by atoms with E-state index in [1.165, 1.54) is 64.4 Å². The molecule has 0 bridgehead atoms. The Morgan fingerprint density at radius 1 is 0.232 bits per heavy atom. The molecule has 0 aliphatic heterocycles. The number of nitrogens with zero attached hydrogens (tertiary/aromatic N) is 3. The average Bonchev–Trinajstić information content (AvgIpc) is 0.787. The molecule has 0 spiro atoms. The van der Waals surface area contributed by atoms with Gasteiger partial charge in [0.25, 0.3) is 0 Å². The fraction of sp³-hybridized carbons (Fsp3) is 0.143. The second kappa shape index (κ2) is 36.7. The Morgan fingerprint density at radius 3 is 0.474 bits per heavy atom. The third kappa shape index (κ3) is 20.5. The molecule has 0 saturated heterocycles. The third-order valence-corrected chi connectivity index (χ3v) is 30.3. The molecule has 0 heterocycles. The van der Waals surface area contributed by atoms with Gasteiger partial charge in [-0.2, -0.15) is 7.82 Å². The van der Waals surface area contributed by atoms with Crippen molar-refractivity contribution in [3.8, 4) is 0 Å². The Morgan fingerprint density at radius 2 is 0.347 bits per heavy atom. The molecule has 0 N–H and O–H groups in total. The van der Waals surface area contributed by atoms with E-state index in [0.717, 1.165) is 57.8 Å². The van der Waals surface area contributed by atoms with Crippen LogP contribution in [-0.4, -0.2) is 74.0 Å². The van der Waals surface area contributed by atoms with Gasteiger partial charge in [0, 0.05) is 39.3 Å². The molecule has 12 aromatic rings. The lowest BCUT2D eigenvalue weighted by atomic mass is 10.2. The zero-order chi connectivity index (χ0) is 66.5. The first kappa shape index (κ1) is 71.2. The number of rotatable bonds is 24. The largest absolute Gasteiger partial charge is 0.822 e. The van der Waals surface area contributed by atoms with Crippen molar-refractivity contribution in [3.05, 3.63) is 381 Å². The quantitative estimate of drug-likeness (QED) is 0.0556. The Bertz CT molecular complexity index is 3370. The van der Waals surface area contributed by atoms with Gasteiger partial charge in [-0.05, 0) is 147 Å². The molecule has 0 aliphatic rings. The van der Waals surface area contributed by atoms with Crippen molar-refractivity contribution in [2.24, 2.45) is 0 Å². The molecular weight excluding hydrogens is 1240 g/mol. The normalized spacial score (nSPS) is 11.5. The molecule has 0 radical (unpaired) electrons. The highest BCUT2D eigenvalue weighted by molar-refractivity contribution is 7.96. The van der Waals surface area contributed by atoms with Gasteiger partial charge in [-0.25, -0.2) is 0 Å². The summed E-state index contributed by atoms with van der Waals surface area (Å²) in [7, 11) is -3.93. The van der Waals surface area contributed by atoms with Crippen molar-refractivity contribution in [2.75, 3.05) is 59.3 Å². The first-order valence-electron chi connectivity index (χ1n) is 32.4. The minimum Gasteiger partial charge on any atom is -0.822 e. The molecule has 0 saturated carbocycles.